The molecule has 2 nitrogen and oxygen atoms in total. The Morgan fingerprint density at radius 1 is 0.900 bits per heavy atom. The summed E-state index contributed by atoms with van der Waals surface area (Å²) in [6.45, 7) is 8.92. The summed E-state index contributed by atoms with van der Waals surface area (Å²) in [5.41, 5.74) is 5.43. The van der Waals surface area contributed by atoms with Crippen LogP contribution in [0.3, 0.4) is 0 Å². The Kier molecular flexibility index (Phi) is 5.19. The predicted molar refractivity (Wildman–Crippen MR) is 84.3 cm³/mol. The third kappa shape index (κ3) is 4.10. The molecule has 2 aromatic rings. The number of benzene rings is 2. The number of rotatable bonds is 6. The molecule has 0 saturated carbocycles. The van der Waals surface area contributed by atoms with Gasteiger partial charge in [0.15, 0.2) is 0 Å². The van der Waals surface area contributed by atoms with Crippen LogP contribution in [0.25, 0.3) is 0 Å². The second kappa shape index (κ2) is 7.11. The molecule has 0 spiro atoms. The highest BCUT2D eigenvalue weighted by Gasteiger charge is 2.01. The second-order valence-electron chi connectivity index (χ2n) is 5.20. The van der Waals surface area contributed by atoms with E-state index < -0.39 is 0 Å². The summed E-state index contributed by atoms with van der Waals surface area (Å²) in [5, 5.41) is 3.43. The second-order valence-corrected chi connectivity index (χ2v) is 5.20. The number of nitrogens with one attached hydrogen (secondary N) is 1. The van der Waals surface area contributed by atoms with Gasteiger partial charge in [-0.25, -0.2) is 0 Å². The maximum Gasteiger partial charge on any atom is 0.119 e. The van der Waals surface area contributed by atoms with Crippen molar-refractivity contribution in [3.8, 4) is 5.75 Å². The van der Waals surface area contributed by atoms with Gasteiger partial charge in [0.05, 0.1) is 0 Å². The summed E-state index contributed by atoms with van der Waals surface area (Å²) in [6.07, 6.45) is 0. The third-order valence-electron chi connectivity index (χ3n) is 3.56. The van der Waals surface area contributed by atoms with Crippen LogP contribution in [-0.2, 0) is 6.54 Å². The molecule has 0 radical (unpaired) electrons. The van der Waals surface area contributed by atoms with E-state index in [0.717, 1.165) is 18.8 Å². The first-order valence-electron chi connectivity index (χ1n) is 7.12. The first-order valence-corrected chi connectivity index (χ1v) is 7.12. The number of hydrogen-bond acceptors (Lipinski definition) is 2. The van der Waals surface area contributed by atoms with Gasteiger partial charge >= 0.3 is 0 Å². The topological polar surface area (TPSA) is 21.3 Å². The van der Waals surface area contributed by atoms with Gasteiger partial charge in [0.1, 0.15) is 12.4 Å². The summed E-state index contributed by atoms with van der Waals surface area (Å²) in [5.74, 6) is 0.927. The van der Waals surface area contributed by atoms with Crippen molar-refractivity contribution in [2.75, 3.05) is 13.2 Å². The van der Waals surface area contributed by atoms with Gasteiger partial charge in [-0.15, -0.1) is 0 Å². The van der Waals surface area contributed by atoms with Crippen LogP contribution in [0.15, 0.2) is 42.5 Å². The lowest BCUT2D eigenvalue weighted by molar-refractivity contribution is 0.313. The molecule has 0 fully saturated rings. The van der Waals surface area contributed by atoms with E-state index in [-0.39, 0.29) is 0 Å². The SMILES string of the molecule is Cc1cc(C)c(CNCCOc2ccccc2)cc1C. The zero-order valence-corrected chi connectivity index (χ0v) is 12.6. The quantitative estimate of drug-likeness (QED) is 0.806. The van der Waals surface area contributed by atoms with Crippen molar-refractivity contribution in [1.29, 1.82) is 0 Å². The fourth-order valence-corrected chi connectivity index (χ4v) is 2.19. The van der Waals surface area contributed by atoms with Crippen LogP contribution in [0.1, 0.15) is 22.3 Å². The lowest BCUT2D eigenvalue weighted by Gasteiger charge is -2.11. The minimum Gasteiger partial charge on any atom is -0.492 e. The van der Waals surface area contributed by atoms with E-state index in [0.29, 0.717) is 6.61 Å². The number of ether oxygens (including phenoxy) is 1. The molecule has 2 heteroatoms. The van der Waals surface area contributed by atoms with E-state index in [9.17, 15) is 0 Å². The van der Waals surface area contributed by atoms with Crippen molar-refractivity contribution in [1.82, 2.24) is 5.32 Å². The first-order chi connectivity index (χ1) is 9.66. The average Bonchev–Trinajstić information content (AvgIpc) is 2.45. The fourth-order valence-electron chi connectivity index (χ4n) is 2.19. The molecule has 0 atom stereocenters. The van der Waals surface area contributed by atoms with Crippen molar-refractivity contribution >= 4 is 0 Å². The summed E-state index contributed by atoms with van der Waals surface area (Å²) in [4.78, 5) is 0. The smallest absolute Gasteiger partial charge is 0.119 e. The lowest BCUT2D eigenvalue weighted by atomic mass is 10.0. The molecule has 2 aromatic carbocycles. The van der Waals surface area contributed by atoms with Gasteiger partial charge in [-0.2, -0.15) is 0 Å². The van der Waals surface area contributed by atoms with Gasteiger partial charge in [-0.05, 0) is 55.2 Å². The third-order valence-corrected chi connectivity index (χ3v) is 3.56. The molecule has 2 rings (SSSR count). The summed E-state index contributed by atoms with van der Waals surface area (Å²) >= 11 is 0. The molecule has 0 saturated heterocycles. The standard InChI is InChI=1S/C18H23NO/c1-14-11-16(3)17(12-15(14)2)13-19-9-10-20-18-7-5-4-6-8-18/h4-8,11-12,19H,9-10,13H2,1-3H3. The van der Waals surface area contributed by atoms with Crippen molar-refractivity contribution in [3.05, 3.63) is 64.7 Å². The van der Waals surface area contributed by atoms with Gasteiger partial charge in [-0.3, -0.25) is 0 Å². The lowest BCUT2D eigenvalue weighted by Crippen LogP contribution is -2.21. The van der Waals surface area contributed by atoms with Gasteiger partial charge in [-0.1, -0.05) is 30.3 Å². The Bertz CT molecular complexity index is 549. The Morgan fingerprint density at radius 3 is 2.35 bits per heavy atom. The number of aryl methyl sites for hydroxylation is 3. The van der Waals surface area contributed by atoms with E-state index in [1.54, 1.807) is 0 Å². The van der Waals surface area contributed by atoms with E-state index in [4.69, 9.17) is 4.74 Å². The minimum atomic E-state index is 0.688. The monoisotopic (exact) mass is 269 g/mol. The van der Waals surface area contributed by atoms with E-state index in [1.165, 1.54) is 22.3 Å². The molecule has 0 aromatic heterocycles. The van der Waals surface area contributed by atoms with E-state index >= 15 is 0 Å². The van der Waals surface area contributed by atoms with Crippen LogP contribution in [0.2, 0.25) is 0 Å². The molecule has 0 aliphatic rings. The van der Waals surface area contributed by atoms with Gasteiger partial charge in [0.25, 0.3) is 0 Å². The van der Waals surface area contributed by atoms with E-state index in [1.807, 2.05) is 30.3 Å². The summed E-state index contributed by atoms with van der Waals surface area (Å²) in [6, 6.07) is 14.5. The molecule has 106 valence electrons. The Morgan fingerprint density at radius 2 is 1.60 bits per heavy atom. The first kappa shape index (κ1) is 14.6. The van der Waals surface area contributed by atoms with Crippen molar-refractivity contribution in [3.63, 3.8) is 0 Å². The average molecular weight is 269 g/mol. The molecule has 0 bridgehead atoms. The maximum absolute atomic E-state index is 5.65. The molecule has 0 amide bonds. The van der Waals surface area contributed by atoms with Crippen molar-refractivity contribution in [2.24, 2.45) is 0 Å². The van der Waals surface area contributed by atoms with Crippen molar-refractivity contribution < 1.29 is 4.74 Å². The highest BCUT2D eigenvalue weighted by molar-refractivity contribution is 5.36. The molecule has 0 unspecified atom stereocenters. The van der Waals surface area contributed by atoms with Crippen LogP contribution in [-0.4, -0.2) is 13.2 Å². The van der Waals surface area contributed by atoms with E-state index in [2.05, 4.69) is 38.2 Å². The zero-order valence-electron chi connectivity index (χ0n) is 12.6. The molecular formula is C18H23NO. The highest BCUT2D eigenvalue weighted by Crippen LogP contribution is 2.15. The summed E-state index contributed by atoms with van der Waals surface area (Å²) in [7, 11) is 0. The number of hydrogen-bond donors (Lipinski definition) is 1. The van der Waals surface area contributed by atoms with Crippen LogP contribution in [0.4, 0.5) is 0 Å². The van der Waals surface area contributed by atoms with Crippen molar-refractivity contribution in [2.45, 2.75) is 27.3 Å². The summed E-state index contributed by atoms with van der Waals surface area (Å²) < 4.78 is 5.65. The zero-order chi connectivity index (χ0) is 14.4. The van der Waals surface area contributed by atoms with Gasteiger partial charge in [0.2, 0.25) is 0 Å². The Hall–Kier alpha value is -1.80. The van der Waals surface area contributed by atoms with Crippen LogP contribution in [0, 0.1) is 20.8 Å². The molecular weight excluding hydrogens is 246 g/mol. The largest absolute Gasteiger partial charge is 0.492 e. The number of para-hydroxylation sites is 1. The Labute approximate surface area is 121 Å². The molecule has 0 aliphatic heterocycles. The normalized spacial score (nSPS) is 10.6. The van der Waals surface area contributed by atoms with Gasteiger partial charge in [0, 0.05) is 13.1 Å². The minimum absolute atomic E-state index is 0.688. The molecule has 20 heavy (non-hydrogen) atoms. The van der Waals surface area contributed by atoms with Crippen LogP contribution >= 0.6 is 0 Å². The van der Waals surface area contributed by atoms with Crippen LogP contribution < -0.4 is 10.1 Å². The molecule has 0 heterocycles. The molecule has 0 aliphatic carbocycles. The van der Waals surface area contributed by atoms with Crippen LogP contribution in [0.5, 0.6) is 5.75 Å². The Balaban J connectivity index is 1.75. The maximum atomic E-state index is 5.65. The molecule has 1 N–H and O–H groups in total. The fraction of sp³-hybridized carbons (Fsp3) is 0.333. The predicted octanol–water partition coefficient (Wildman–Crippen LogP) is 3.78. The highest BCUT2D eigenvalue weighted by atomic mass is 16.5. The van der Waals surface area contributed by atoms with Gasteiger partial charge < -0.3 is 10.1 Å².